The van der Waals surface area contributed by atoms with Gasteiger partial charge in [0.2, 0.25) is 11.7 Å². The van der Waals surface area contributed by atoms with Gasteiger partial charge in [0.1, 0.15) is 12.4 Å². The van der Waals surface area contributed by atoms with Crippen LogP contribution in [0.2, 0.25) is 0 Å². The molecule has 0 aliphatic rings. The van der Waals surface area contributed by atoms with Crippen molar-refractivity contribution in [1.82, 2.24) is 14.4 Å². The number of anilines is 1. The fourth-order valence-corrected chi connectivity index (χ4v) is 4.25. The van der Waals surface area contributed by atoms with Gasteiger partial charge < -0.3 is 9.15 Å². The van der Waals surface area contributed by atoms with Gasteiger partial charge in [0, 0.05) is 31.8 Å². The summed E-state index contributed by atoms with van der Waals surface area (Å²) in [6, 6.07) is 5.29. The Morgan fingerprint density at radius 1 is 1.16 bits per heavy atom. The molecule has 8 nitrogen and oxygen atoms in total. The number of furan rings is 1. The lowest BCUT2D eigenvalue weighted by Gasteiger charge is -2.41. The molecule has 0 radical (unpaired) electrons. The highest BCUT2D eigenvalue weighted by atomic mass is 16.5. The van der Waals surface area contributed by atoms with Crippen molar-refractivity contribution >= 4 is 23.5 Å². The van der Waals surface area contributed by atoms with Gasteiger partial charge in [-0.2, -0.15) is 0 Å². The van der Waals surface area contributed by atoms with Gasteiger partial charge in [-0.15, -0.1) is 0 Å². The SMILES string of the molecule is CC(=O)OCc1ccc(-c2nc3ncccn3c2N(C(C)=O)C(C)(C)CC(C)(C)C)o1. The zero-order valence-electron chi connectivity index (χ0n) is 19.2. The Bertz CT molecular complexity index is 1100. The molecule has 0 aliphatic carbocycles. The number of aromatic nitrogens is 3. The van der Waals surface area contributed by atoms with Gasteiger partial charge in [-0.25, -0.2) is 9.97 Å². The summed E-state index contributed by atoms with van der Waals surface area (Å²) in [5.74, 6) is 1.53. The Kier molecular flexibility index (Phi) is 5.93. The molecule has 0 aliphatic heterocycles. The van der Waals surface area contributed by atoms with Crippen LogP contribution < -0.4 is 4.90 Å². The number of imidazole rings is 1. The first-order chi connectivity index (χ1) is 14.4. The fraction of sp³-hybridized carbons (Fsp3) is 0.478. The third kappa shape index (κ3) is 4.95. The molecule has 0 N–H and O–H groups in total. The highest BCUT2D eigenvalue weighted by Gasteiger charge is 2.38. The van der Waals surface area contributed by atoms with Gasteiger partial charge in [-0.3, -0.25) is 18.9 Å². The summed E-state index contributed by atoms with van der Waals surface area (Å²) in [4.78, 5) is 34.9. The van der Waals surface area contributed by atoms with E-state index in [4.69, 9.17) is 9.15 Å². The summed E-state index contributed by atoms with van der Waals surface area (Å²) in [7, 11) is 0. The third-order valence-electron chi connectivity index (χ3n) is 4.79. The van der Waals surface area contributed by atoms with Gasteiger partial charge in [-0.05, 0) is 43.9 Å². The third-order valence-corrected chi connectivity index (χ3v) is 4.79. The van der Waals surface area contributed by atoms with Crippen molar-refractivity contribution < 1.29 is 18.7 Å². The predicted molar refractivity (Wildman–Crippen MR) is 117 cm³/mol. The van der Waals surface area contributed by atoms with E-state index in [0.29, 0.717) is 28.8 Å². The number of nitrogens with zero attached hydrogens (tertiary/aromatic N) is 4. The fourth-order valence-electron chi connectivity index (χ4n) is 4.25. The van der Waals surface area contributed by atoms with Gasteiger partial charge in [-0.1, -0.05) is 20.8 Å². The van der Waals surface area contributed by atoms with Crippen molar-refractivity contribution in [2.24, 2.45) is 5.41 Å². The molecule has 0 unspecified atom stereocenters. The molecular formula is C23H30N4O4. The van der Waals surface area contributed by atoms with E-state index < -0.39 is 5.54 Å². The number of ether oxygens (including phenoxy) is 1. The second-order valence-corrected chi connectivity index (χ2v) is 9.52. The van der Waals surface area contributed by atoms with Gasteiger partial charge >= 0.3 is 5.97 Å². The smallest absolute Gasteiger partial charge is 0.303 e. The average Bonchev–Trinajstić information content (AvgIpc) is 3.22. The maximum absolute atomic E-state index is 13.0. The first-order valence-corrected chi connectivity index (χ1v) is 10.3. The zero-order chi connectivity index (χ0) is 23.0. The van der Waals surface area contributed by atoms with E-state index in [9.17, 15) is 9.59 Å². The van der Waals surface area contributed by atoms with Crippen LogP contribution in [0, 0.1) is 5.41 Å². The van der Waals surface area contributed by atoms with E-state index in [1.165, 1.54) is 6.92 Å². The van der Waals surface area contributed by atoms with Crippen LogP contribution in [0.15, 0.2) is 35.0 Å². The van der Waals surface area contributed by atoms with Crippen LogP contribution in [0.4, 0.5) is 5.82 Å². The largest absolute Gasteiger partial charge is 0.458 e. The van der Waals surface area contributed by atoms with E-state index in [1.807, 2.05) is 20.0 Å². The number of rotatable bonds is 6. The Balaban J connectivity index is 2.17. The summed E-state index contributed by atoms with van der Waals surface area (Å²) >= 11 is 0. The Morgan fingerprint density at radius 3 is 2.48 bits per heavy atom. The van der Waals surface area contributed by atoms with Gasteiger partial charge in [0.25, 0.3) is 0 Å². The van der Waals surface area contributed by atoms with E-state index >= 15 is 0 Å². The maximum Gasteiger partial charge on any atom is 0.303 e. The molecular weight excluding hydrogens is 396 g/mol. The van der Waals surface area contributed by atoms with Crippen LogP contribution in [-0.2, 0) is 20.9 Å². The van der Waals surface area contributed by atoms with Crippen LogP contribution in [0.1, 0.15) is 60.6 Å². The minimum Gasteiger partial charge on any atom is -0.458 e. The maximum atomic E-state index is 13.0. The summed E-state index contributed by atoms with van der Waals surface area (Å²) < 4.78 is 12.7. The number of carbonyl (C=O) groups is 2. The summed E-state index contributed by atoms with van der Waals surface area (Å²) in [5, 5.41) is 0. The molecule has 3 aromatic heterocycles. The van der Waals surface area contributed by atoms with E-state index in [1.54, 1.807) is 40.6 Å². The minimum atomic E-state index is -0.502. The van der Waals surface area contributed by atoms with E-state index in [-0.39, 0.29) is 23.9 Å². The molecule has 3 heterocycles. The van der Waals surface area contributed by atoms with Crippen molar-refractivity contribution in [2.45, 2.75) is 67.0 Å². The lowest BCUT2D eigenvalue weighted by molar-refractivity contribution is -0.142. The number of amides is 1. The van der Waals surface area contributed by atoms with Crippen LogP contribution in [0.5, 0.6) is 0 Å². The van der Waals surface area contributed by atoms with Crippen LogP contribution in [-0.4, -0.2) is 31.8 Å². The molecule has 1 amide bonds. The second-order valence-electron chi connectivity index (χ2n) is 9.52. The van der Waals surface area contributed by atoms with E-state index in [2.05, 4.69) is 30.7 Å². The number of fused-ring (bicyclic) bond motifs is 1. The lowest BCUT2D eigenvalue weighted by Crippen LogP contribution is -2.50. The summed E-state index contributed by atoms with van der Waals surface area (Å²) in [6.07, 6.45) is 4.25. The Morgan fingerprint density at radius 2 is 1.87 bits per heavy atom. The predicted octanol–water partition coefficient (Wildman–Crippen LogP) is 4.62. The molecule has 8 heteroatoms. The lowest BCUT2D eigenvalue weighted by atomic mass is 9.80. The molecule has 0 saturated carbocycles. The highest BCUT2D eigenvalue weighted by Crippen LogP contribution is 2.39. The highest BCUT2D eigenvalue weighted by molar-refractivity contribution is 5.96. The molecule has 166 valence electrons. The van der Waals surface area contributed by atoms with Crippen LogP contribution in [0.25, 0.3) is 17.2 Å². The number of carbonyl (C=O) groups excluding carboxylic acids is 2. The van der Waals surface area contributed by atoms with Crippen molar-refractivity contribution in [3.8, 4) is 11.5 Å². The quantitative estimate of drug-likeness (QED) is 0.534. The summed E-state index contributed by atoms with van der Waals surface area (Å²) in [6.45, 7) is 13.5. The van der Waals surface area contributed by atoms with Crippen molar-refractivity contribution in [1.29, 1.82) is 0 Å². The van der Waals surface area contributed by atoms with Crippen molar-refractivity contribution in [3.63, 3.8) is 0 Å². The van der Waals surface area contributed by atoms with Gasteiger partial charge in [0.05, 0.1) is 0 Å². The molecule has 0 atom stereocenters. The van der Waals surface area contributed by atoms with Crippen LogP contribution >= 0.6 is 0 Å². The van der Waals surface area contributed by atoms with E-state index in [0.717, 1.165) is 6.42 Å². The Labute approximate surface area is 182 Å². The number of esters is 1. The molecule has 0 bridgehead atoms. The van der Waals surface area contributed by atoms with Crippen LogP contribution in [0.3, 0.4) is 0 Å². The molecule has 31 heavy (non-hydrogen) atoms. The topological polar surface area (TPSA) is 89.9 Å². The average molecular weight is 427 g/mol. The number of hydrogen-bond donors (Lipinski definition) is 0. The first kappa shape index (κ1) is 22.5. The van der Waals surface area contributed by atoms with Crippen molar-refractivity contribution in [2.75, 3.05) is 4.90 Å². The first-order valence-electron chi connectivity index (χ1n) is 10.3. The standard InChI is InChI=1S/C23H30N4O4/c1-15(28)27(23(6,7)14-22(3,4)5)20-19(25-21-24-11-8-12-26(20)21)18-10-9-17(31-18)13-30-16(2)29/h8-12H,13-14H2,1-7H3. The molecule has 3 rings (SSSR count). The molecule has 0 fully saturated rings. The van der Waals surface area contributed by atoms with Gasteiger partial charge in [0.15, 0.2) is 17.3 Å². The molecule has 0 spiro atoms. The Hall–Kier alpha value is -3.16. The van der Waals surface area contributed by atoms with Crippen molar-refractivity contribution in [3.05, 3.63) is 36.4 Å². The number of hydrogen-bond acceptors (Lipinski definition) is 6. The molecule has 0 aromatic carbocycles. The minimum absolute atomic E-state index is 0.00200. The molecule has 0 saturated heterocycles. The monoisotopic (exact) mass is 426 g/mol. The second kappa shape index (κ2) is 8.17. The normalized spacial score (nSPS) is 12.2. The zero-order valence-corrected chi connectivity index (χ0v) is 19.2. The molecule has 3 aromatic rings. The summed E-state index contributed by atoms with van der Waals surface area (Å²) in [5.41, 5.74) is 0.000412.